The van der Waals surface area contributed by atoms with Gasteiger partial charge in [0, 0.05) is 30.2 Å². The molecule has 4 heterocycles. The fourth-order valence-corrected chi connectivity index (χ4v) is 3.74. The van der Waals surface area contributed by atoms with E-state index in [9.17, 15) is 4.79 Å². The van der Waals surface area contributed by atoms with Crippen LogP contribution in [0, 0.1) is 6.92 Å². The van der Waals surface area contributed by atoms with Gasteiger partial charge in [-0.05, 0) is 38.5 Å². The van der Waals surface area contributed by atoms with Gasteiger partial charge < -0.3 is 9.88 Å². The Balaban J connectivity index is 1.71. The molecule has 0 spiro atoms. The maximum absolute atomic E-state index is 12.0. The molecule has 0 aliphatic carbocycles. The predicted octanol–water partition coefficient (Wildman–Crippen LogP) is 3.33. The number of anilines is 1. The van der Waals surface area contributed by atoms with Gasteiger partial charge in [0.25, 0.3) is 0 Å². The minimum atomic E-state index is -0.184. The highest BCUT2D eigenvalue weighted by molar-refractivity contribution is 6.03. The Hall–Kier alpha value is -3.68. The molecule has 1 aliphatic rings. The Kier molecular flexibility index (Phi) is 3.87. The van der Waals surface area contributed by atoms with Crippen LogP contribution in [0.15, 0.2) is 36.9 Å². The minimum Gasteiger partial charge on any atom is -0.325 e. The standard InChI is InChI=1S/C21H19N7O/c1-4-28-19(14-8-22-12(3)23-9-14)27-18-17(24-10-25-20(18)28)13-5-6-16-15(7-13)11(2)21(29)26-16/h5-11H,4H2,1-3H3,(H,26,29). The molecule has 1 aromatic carbocycles. The number of carbonyl (C=O) groups is 1. The molecule has 8 heteroatoms. The summed E-state index contributed by atoms with van der Waals surface area (Å²) in [5.74, 6) is 1.30. The lowest BCUT2D eigenvalue weighted by atomic mass is 9.99. The van der Waals surface area contributed by atoms with Gasteiger partial charge in [0.1, 0.15) is 29.2 Å². The van der Waals surface area contributed by atoms with Crippen LogP contribution < -0.4 is 5.32 Å². The zero-order chi connectivity index (χ0) is 20.1. The second kappa shape index (κ2) is 6.44. The summed E-state index contributed by atoms with van der Waals surface area (Å²) in [7, 11) is 0. The van der Waals surface area contributed by atoms with Crippen molar-refractivity contribution in [1.82, 2.24) is 29.5 Å². The maximum atomic E-state index is 12.0. The summed E-state index contributed by atoms with van der Waals surface area (Å²) in [6, 6.07) is 5.89. The van der Waals surface area contributed by atoms with Crippen LogP contribution in [0.25, 0.3) is 33.8 Å². The number of benzene rings is 1. The fourth-order valence-electron chi connectivity index (χ4n) is 3.74. The van der Waals surface area contributed by atoms with Crippen LogP contribution in [0.1, 0.15) is 31.2 Å². The summed E-state index contributed by atoms with van der Waals surface area (Å²) in [4.78, 5) is 34.5. The second-order valence-electron chi connectivity index (χ2n) is 7.11. The zero-order valence-electron chi connectivity index (χ0n) is 16.3. The van der Waals surface area contributed by atoms with Crippen LogP contribution in [-0.2, 0) is 11.3 Å². The van der Waals surface area contributed by atoms with Crippen molar-refractivity contribution in [2.45, 2.75) is 33.2 Å². The third kappa shape index (κ3) is 2.67. The average Bonchev–Trinajstić information content (AvgIpc) is 3.25. The van der Waals surface area contributed by atoms with Crippen molar-refractivity contribution in [2.24, 2.45) is 0 Å². The lowest BCUT2D eigenvalue weighted by Crippen LogP contribution is -2.08. The number of fused-ring (bicyclic) bond motifs is 2. The van der Waals surface area contributed by atoms with Gasteiger partial charge in [0.15, 0.2) is 5.65 Å². The molecule has 0 radical (unpaired) electrons. The van der Waals surface area contributed by atoms with Crippen LogP contribution >= 0.6 is 0 Å². The molecule has 1 aliphatic heterocycles. The SMILES string of the molecule is CCn1c(-c2cnc(C)nc2)nc2c(-c3ccc4c(c3)C(C)C(=O)N4)ncnc21. The number of hydrogen-bond acceptors (Lipinski definition) is 6. The molecular formula is C21H19N7O. The van der Waals surface area contributed by atoms with Crippen LogP contribution in [0.3, 0.4) is 0 Å². The molecule has 1 unspecified atom stereocenters. The third-order valence-electron chi connectivity index (χ3n) is 5.33. The topological polar surface area (TPSA) is 98.5 Å². The molecule has 0 saturated carbocycles. The van der Waals surface area contributed by atoms with Crippen molar-refractivity contribution in [2.75, 3.05) is 5.32 Å². The Morgan fingerprint density at radius 1 is 1.10 bits per heavy atom. The first-order valence-electron chi connectivity index (χ1n) is 9.52. The zero-order valence-corrected chi connectivity index (χ0v) is 16.3. The second-order valence-corrected chi connectivity index (χ2v) is 7.11. The van der Waals surface area contributed by atoms with E-state index in [1.807, 2.05) is 36.6 Å². The first-order valence-corrected chi connectivity index (χ1v) is 9.52. The number of nitrogens with one attached hydrogen (secondary N) is 1. The summed E-state index contributed by atoms with van der Waals surface area (Å²) >= 11 is 0. The van der Waals surface area contributed by atoms with Gasteiger partial charge in [-0.3, -0.25) is 4.79 Å². The van der Waals surface area contributed by atoms with Gasteiger partial charge in [0.05, 0.1) is 11.5 Å². The van der Waals surface area contributed by atoms with Gasteiger partial charge in [-0.2, -0.15) is 0 Å². The van der Waals surface area contributed by atoms with Crippen molar-refractivity contribution in [3.63, 3.8) is 0 Å². The van der Waals surface area contributed by atoms with Crippen molar-refractivity contribution in [3.8, 4) is 22.6 Å². The number of aromatic nitrogens is 6. The molecule has 0 saturated heterocycles. The first kappa shape index (κ1) is 17.4. The number of carbonyl (C=O) groups excluding carboxylic acids is 1. The van der Waals surface area contributed by atoms with E-state index in [0.29, 0.717) is 12.4 Å². The van der Waals surface area contributed by atoms with Crippen LogP contribution in [0.5, 0.6) is 0 Å². The Morgan fingerprint density at radius 3 is 2.66 bits per heavy atom. The van der Waals surface area contributed by atoms with Gasteiger partial charge >= 0.3 is 0 Å². The van der Waals surface area contributed by atoms with E-state index in [1.165, 1.54) is 0 Å². The fraction of sp³-hybridized carbons (Fsp3) is 0.238. The van der Waals surface area contributed by atoms with E-state index >= 15 is 0 Å². The summed E-state index contributed by atoms with van der Waals surface area (Å²) in [5.41, 5.74) is 5.79. The number of imidazole rings is 1. The highest BCUT2D eigenvalue weighted by atomic mass is 16.2. The normalized spacial score (nSPS) is 15.6. The van der Waals surface area contributed by atoms with E-state index in [4.69, 9.17) is 4.98 Å². The maximum Gasteiger partial charge on any atom is 0.231 e. The van der Waals surface area contributed by atoms with Crippen molar-refractivity contribution < 1.29 is 4.79 Å². The predicted molar refractivity (Wildman–Crippen MR) is 109 cm³/mol. The number of amides is 1. The molecule has 0 fully saturated rings. The highest BCUT2D eigenvalue weighted by Crippen LogP contribution is 2.36. The van der Waals surface area contributed by atoms with Gasteiger partial charge in [-0.15, -0.1) is 0 Å². The quantitative estimate of drug-likeness (QED) is 0.581. The highest BCUT2D eigenvalue weighted by Gasteiger charge is 2.27. The smallest absolute Gasteiger partial charge is 0.231 e. The number of aryl methyl sites for hydroxylation is 2. The van der Waals surface area contributed by atoms with E-state index in [0.717, 1.165) is 45.1 Å². The van der Waals surface area contributed by atoms with Crippen molar-refractivity contribution in [1.29, 1.82) is 0 Å². The van der Waals surface area contributed by atoms with Crippen molar-refractivity contribution >= 4 is 22.8 Å². The molecule has 1 amide bonds. The van der Waals surface area contributed by atoms with E-state index in [1.54, 1.807) is 18.7 Å². The molecule has 0 bridgehead atoms. The molecule has 3 aromatic heterocycles. The molecule has 4 aromatic rings. The molecule has 29 heavy (non-hydrogen) atoms. The van der Waals surface area contributed by atoms with Gasteiger partial charge in [-0.1, -0.05) is 6.07 Å². The molecule has 1 N–H and O–H groups in total. The van der Waals surface area contributed by atoms with Crippen LogP contribution in [-0.4, -0.2) is 35.4 Å². The Labute approximate surface area is 167 Å². The molecule has 8 nitrogen and oxygen atoms in total. The van der Waals surface area contributed by atoms with Crippen molar-refractivity contribution in [3.05, 3.63) is 48.3 Å². The lowest BCUT2D eigenvalue weighted by molar-refractivity contribution is -0.116. The molecule has 144 valence electrons. The van der Waals surface area contributed by atoms with Crippen LogP contribution in [0.2, 0.25) is 0 Å². The van der Waals surface area contributed by atoms with Gasteiger partial charge in [-0.25, -0.2) is 24.9 Å². The Morgan fingerprint density at radius 2 is 1.90 bits per heavy atom. The largest absolute Gasteiger partial charge is 0.325 e. The monoisotopic (exact) mass is 385 g/mol. The number of nitrogens with zero attached hydrogens (tertiary/aromatic N) is 6. The summed E-state index contributed by atoms with van der Waals surface area (Å²) in [6.45, 7) is 6.51. The summed E-state index contributed by atoms with van der Waals surface area (Å²) < 4.78 is 2.04. The van der Waals surface area contributed by atoms with E-state index in [2.05, 4.69) is 32.2 Å². The lowest BCUT2D eigenvalue weighted by Gasteiger charge is -2.07. The number of hydrogen-bond donors (Lipinski definition) is 1. The molecule has 5 rings (SSSR count). The minimum absolute atomic E-state index is 0.0157. The third-order valence-corrected chi connectivity index (χ3v) is 5.33. The average molecular weight is 385 g/mol. The summed E-state index contributed by atoms with van der Waals surface area (Å²) in [5, 5.41) is 2.91. The van der Waals surface area contributed by atoms with E-state index in [-0.39, 0.29) is 11.8 Å². The van der Waals surface area contributed by atoms with E-state index < -0.39 is 0 Å². The molecular weight excluding hydrogens is 366 g/mol. The van der Waals surface area contributed by atoms with Gasteiger partial charge in [0.2, 0.25) is 5.91 Å². The number of rotatable bonds is 3. The summed E-state index contributed by atoms with van der Waals surface area (Å²) in [6.07, 6.45) is 5.11. The first-order chi connectivity index (χ1) is 14.1. The van der Waals surface area contributed by atoms with Crippen LogP contribution in [0.4, 0.5) is 5.69 Å². The molecule has 1 atom stereocenters. The Bertz CT molecular complexity index is 1260.